The SMILES string of the molecule is C=C(C)C(=O)OP(=O)(OC(C)C)OC(c1ccccc1)(c1ccccc1)c1ccccc1. The van der Waals surface area contributed by atoms with E-state index in [2.05, 4.69) is 6.58 Å². The first kappa shape index (κ1) is 23.7. The van der Waals surface area contributed by atoms with Gasteiger partial charge in [-0.2, -0.15) is 0 Å². The zero-order valence-electron chi connectivity index (χ0n) is 18.4. The molecule has 0 saturated heterocycles. The van der Waals surface area contributed by atoms with Gasteiger partial charge in [0.25, 0.3) is 0 Å². The Bertz CT molecular complexity index is 998. The molecule has 0 spiro atoms. The second-order valence-corrected chi connectivity index (χ2v) is 9.10. The van der Waals surface area contributed by atoms with E-state index in [0.29, 0.717) is 16.7 Å². The van der Waals surface area contributed by atoms with Crippen LogP contribution in [0.2, 0.25) is 0 Å². The van der Waals surface area contributed by atoms with Gasteiger partial charge in [0, 0.05) is 5.57 Å². The molecule has 1 atom stereocenters. The third-order valence-electron chi connectivity index (χ3n) is 4.67. The predicted octanol–water partition coefficient (Wildman–Crippen LogP) is 6.65. The smallest absolute Gasteiger partial charge is 0.367 e. The summed E-state index contributed by atoms with van der Waals surface area (Å²) in [5.74, 6) is -0.850. The molecule has 0 aliphatic rings. The molecule has 5 nitrogen and oxygen atoms in total. The molecule has 3 aromatic rings. The van der Waals surface area contributed by atoms with Crippen LogP contribution in [0.3, 0.4) is 0 Å². The van der Waals surface area contributed by atoms with Crippen LogP contribution in [-0.2, 0) is 28.5 Å². The van der Waals surface area contributed by atoms with Crippen LogP contribution < -0.4 is 0 Å². The first-order chi connectivity index (χ1) is 15.3. The molecule has 0 aliphatic carbocycles. The second-order valence-electron chi connectivity index (χ2n) is 7.63. The molecule has 0 radical (unpaired) electrons. The van der Waals surface area contributed by atoms with Crippen molar-refractivity contribution in [3.63, 3.8) is 0 Å². The van der Waals surface area contributed by atoms with Crippen molar-refractivity contribution in [1.82, 2.24) is 0 Å². The Morgan fingerprint density at radius 2 is 1.19 bits per heavy atom. The lowest BCUT2D eigenvalue weighted by molar-refractivity contribution is -0.132. The van der Waals surface area contributed by atoms with Crippen molar-refractivity contribution in [3.05, 3.63) is 120 Å². The van der Waals surface area contributed by atoms with Gasteiger partial charge >= 0.3 is 13.8 Å². The van der Waals surface area contributed by atoms with E-state index < -0.39 is 25.5 Å². The maximum atomic E-state index is 13.9. The van der Waals surface area contributed by atoms with E-state index >= 15 is 0 Å². The van der Waals surface area contributed by atoms with E-state index in [9.17, 15) is 9.36 Å². The van der Waals surface area contributed by atoms with Crippen LogP contribution in [0.5, 0.6) is 0 Å². The highest BCUT2D eigenvalue weighted by atomic mass is 31.2. The number of hydrogen-bond acceptors (Lipinski definition) is 5. The van der Waals surface area contributed by atoms with Crippen LogP contribution in [0.15, 0.2) is 103 Å². The highest BCUT2D eigenvalue weighted by Crippen LogP contribution is 2.59. The Labute approximate surface area is 189 Å². The van der Waals surface area contributed by atoms with Gasteiger partial charge in [0.15, 0.2) is 5.60 Å². The lowest BCUT2D eigenvalue weighted by Crippen LogP contribution is -2.33. The molecule has 0 aromatic heterocycles. The number of phosphoric ester groups is 1. The average Bonchev–Trinajstić information content (AvgIpc) is 2.78. The van der Waals surface area contributed by atoms with Gasteiger partial charge < -0.3 is 4.52 Å². The predicted molar refractivity (Wildman–Crippen MR) is 125 cm³/mol. The van der Waals surface area contributed by atoms with E-state index in [1.807, 2.05) is 91.0 Å². The highest BCUT2D eigenvalue weighted by Gasteiger charge is 2.47. The van der Waals surface area contributed by atoms with E-state index in [0.717, 1.165) is 0 Å². The van der Waals surface area contributed by atoms with Gasteiger partial charge in [-0.25, -0.2) is 9.36 Å². The third-order valence-corrected chi connectivity index (χ3v) is 6.24. The van der Waals surface area contributed by atoms with Gasteiger partial charge in [-0.3, -0.25) is 9.05 Å². The third kappa shape index (κ3) is 5.25. The van der Waals surface area contributed by atoms with E-state index in [-0.39, 0.29) is 5.57 Å². The van der Waals surface area contributed by atoms with Crippen LogP contribution in [0.25, 0.3) is 0 Å². The molecule has 32 heavy (non-hydrogen) atoms. The fourth-order valence-corrected chi connectivity index (χ4v) is 4.99. The molecular formula is C26H27O5P. The summed E-state index contributed by atoms with van der Waals surface area (Å²) in [4.78, 5) is 12.4. The van der Waals surface area contributed by atoms with Crippen LogP contribution >= 0.6 is 7.82 Å². The summed E-state index contributed by atoms with van der Waals surface area (Å²) in [5.41, 5.74) is 0.832. The maximum Gasteiger partial charge on any atom is 0.534 e. The molecule has 0 N–H and O–H groups in total. The van der Waals surface area contributed by atoms with Crippen LogP contribution in [-0.4, -0.2) is 12.1 Å². The Hall–Kier alpha value is -2.98. The quantitative estimate of drug-likeness (QED) is 0.208. The lowest BCUT2D eigenvalue weighted by atomic mass is 9.80. The molecule has 1 unspecified atom stereocenters. The summed E-state index contributed by atoms with van der Waals surface area (Å²) in [5, 5.41) is 0. The summed E-state index contributed by atoms with van der Waals surface area (Å²) in [6.07, 6.45) is -0.529. The fraction of sp³-hybridized carbons (Fsp3) is 0.192. The molecule has 0 bridgehead atoms. The number of carbonyl (C=O) groups is 1. The first-order valence-corrected chi connectivity index (χ1v) is 11.8. The van der Waals surface area contributed by atoms with Gasteiger partial charge in [0.1, 0.15) is 0 Å². The summed E-state index contributed by atoms with van der Waals surface area (Å²) >= 11 is 0. The molecule has 0 aliphatic heterocycles. The molecule has 0 amide bonds. The molecule has 3 rings (SSSR count). The van der Waals surface area contributed by atoms with Gasteiger partial charge in [-0.15, -0.1) is 0 Å². The van der Waals surface area contributed by atoms with Crippen LogP contribution in [0, 0.1) is 0 Å². The van der Waals surface area contributed by atoms with Gasteiger partial charge in [-0.1, -0.05) is 97.6 Å². The summed E-state index contributed by atoms with van der Waals surface area (Å²) in [6.45, 7) is 8.44. The van der Waals surface area contributed by atoms with Gasteiger partial charge in [-0.05, 0) is 37.5 Å². The fourth-order valence-electron chi connectivity index (χ4n) is 3.34. The van der Waals surface area contributed by atoms with Crippen molar-refractivity contribution >= 4 is 13.8 Å². The Balaban J connectivity index is 2.29. The van der Waals surface area contributed by atoms with Crippen molar-refractivity contribution < 1.29 is 22.9 Å². The number of carbonyl (C=O) groups excluding carboxylic acids is 1. The molecule has 0 fully saturated rings. The van der Waals surface area contributed by atoms with Crippen molar-refractivity contribution in [2.24, 2.45) is 0 Å². The van der Waals surface area contributed by atoms with E-state index in [4.69, 9.17) is 13.6 Å². The minimum atomic E-state index is -4.41. The Morgan fingerprint density at radius 3 is 1.50 bits per heavy atom. The van der Waals surface area contributed by atoms with Crippen LogP contribution in [0.1, 0.15) is 37.5 Å². The highest BCUT2D eigenvalue weighted by molar-refractivity contribution is 7.49. The van der Waals surface area contributed by atoms with Crippen molar-refractivity contribution in [2.75, 3.05) is 0 Å². The number of benzene rings is 3. The molecule has 166 valence electrons. The Kier molecular flexibility index (Phi) is 7.47. The minimum Gasteiger partial charge on any atom is -0.367 e. The molecule has 6 heteroatoms. The lowest BCUT2D eigenvalue weighted by Gasteiger charge is -2.37. The van der Waals surface area contributed by atoms with Gasteiger partial charge in [0.05, 0.1) is 6.10 Å². The molecule has 0 saturated carbocycles. The topological polar surface area (TPSA) is 61.8 Å². The van der Waals surface area contributed by atoms with E-state index in [1.54, 1.807) is 13.8 Å². The molecule has 3 aromatic carbocycles. The molecule has 0 heterocycles. The number of phosphoric acid groups is 1. The number of hydrogen-bond donors (Lipinski definition) is 0. The second kappa shape index (κ2) is 10.1. The summed E-state index contributed by atoms with van der Waals surface area (Å²) in [6, 6.07) is 28.1. The first-order valence-electron chi connectivity index (χ1n) is 10.3. The van der Waals surface area contributed by atoms with Gasteiger partial charge in [0.2, 0.25) is 0 Å². The standard InChI is InChI=1S/C26H27O5P/c1-20(2)25(27)30-32(28,29-21(3)4)31-26(22-14-8-5-9-15-22,23-16-10-6-11-17-23)24-18-12-7-13-19-24/h5-19,21H,1H2,2-4H3. The van der Waals surface area contributed by atoms with Crippen molar-refractivity contribution in [2.45, 2.75) is 32.5 Å². The summed E-state index contributed by atoms with van der Waals surface area (Å²) in [7, 11) is -4.41. The van der Waals surface area contributed by atoms with Crippen molar-refractivity contribution in [3.8, 4) is 0 Å². The van der Waals surface area contributed by atoms with E-state index in [1.165, 1.54) is 6.92 Å². The Morgan fingerprint density at radius 1 is 0.812 bits per heavy atom. The average molecular weight is 450 g/mol. The maximum absolute atomic E-state index is 13.9. The molecular weight excluding hydrogens is 423 g/mol. The number of rotatable bonds is 9. The zero-order valence-corrected chi connectivity index (χ0v) is 19.3. The minimum absolute atomic E-state index is 0.0888. The van der Waals surface area contributed by atoms with Crippen LogP contribution in [0.4, 0.5) is 0 Å². The van der Waals surface area contributed by atoms with Crippen molar-refractivity contribution in [1.29, 1.82) is 0 Å². The summed E-state index contributed by atoms with van der Waals surface area (Å²) < 4.78 is 31.2. The zero-order chi connectivity index (χ0) is 23.2. The normalized spacial score (nSPS) is 13.4. The largest absolute Gasteiger partial charge is 0.534 e. The monoisotopic (exact) mass is 450 g/mol.